The van der Waals surface area contributed by atoms with Crippen molar-refractivity contribution in [2.45, 2.75) is 37.1 Å². The van der Waals surface area contributed by atoms with Crippen LogP contribution in [0, 0.1) is 17.8 Å². The summed E-state index contributed by atoms with van der Waals surface area (Å²) < 4.78 is 28.3. The second kappa shape index (κ2) is 6.28. The number of primary amides is 1. The number of halogens is 2. The van der Waals surface area contributed by atoms with Crippen molar-refractivity contribution < 1.29 is 18.4 Å². The van der Waals surface area contributed by atoms with Crippen LogP contribution in [0.25, 0.3) is 0 Å². The first kappa shape index (κ1) is 16.8. The molecule has 1 aliphatic rings. The summed E-state index contributed by atoms with van der Waals surface area (Å²) in [6.07, 6.45) is 2.42. The summed E-state index contributed by atoms with van der Waals surface area (Å²) in [4.78, 5) is 26.3. The Morgan fingerprint density at radius 3 is 2.78 bits per heavy atom. The number of nitrogens with one attached hydrogen (secondary N) is 1. The Morgan fingerprint density at radius 1 is 1.52 bits per heavy atom. The van der Waals surface area contributed by atoms with Gasteiger partial charge in [0.05, 0.1) is 11.6 Å². The van der Waals surface area contributed by atoms with Gasteiger partial charge in [-0.2, -0.15) is 14.0 Å². The molecule has 0 unspecified atom stereocenters. The van der Waals surface area contributed by atoms with E-state index in [4.69, 9.17) is 11.0 Å². The SMILES string of the molecule is N#CC1(NC(=O)[CH]CCC(F)(F)c2ncccc2C(N)=O)CC1. The lowest BCUT2D eigenvalue weighted by Crippen LogP contribution is -2.35. The van der Waals surface area contributed by atoms with E-state index in [1.165, 1.54) is 12.1 Å². The third kappa shape index (κ3) is 4.00. The van der Waals surface area contributed by atoms with Crippen molar-refractivity contribution in [1.82, 2.24) is 10.3 Å². The highest BCUT2D eigenvalue weighted by atomic mass is 19.3. The Kier molecular flexibility index (Phi) is 4.59. The lowest BCUT2D eigenvalue weighted by atomic mass is 10.0. The van der Waals surface area contributed by atoms with Crippen LogP contribution in [0.5, 0.6) is 0 Å². The van der Waals surface area contributed by atoms with Crippen LogP contribution in [-0.2, 0) is 10.7 Å². The number of nitrogens with zero attached hydrogens (tertiary/aromatic N) is 2. The molecule has 1 fully saturated rings. The smallest absolute Gasteiger partial charge is 0.290 e. The molecule has 0 saturated heterocycles. The van der Waals surface area contributed by atoms with Gasteiger partial charge in [-0.3, -0.25) is 14.6 Å². The average molecular weight is 321 g/mol. The Labute approximate surface area is 131 Å². The Balaban J connectivity index is 1.93. The summed E-state index contributed by atoms with van der Waals surface area (Å²) in [6, 6.07) is 4.50. The quantitative estimate of drug-likeness (QED) is 0.791. The summed E-state index contributed by atoms with van der Waals surface area (Å²) in [5, 5.41) is 11.3. The van der Waals surface area contributed by atoms with Gasteiger partial charge in [-0.15, -0.1) is 0 Å². The minimum absolute atomic E-state index is 0.227. The average Bonchev–Trinajstić information content (AvgIpc) is 3.27. The fourth-order valence-corrected chi connectivity index (χ4v) is 2.08. The number of aromatic nitrogens is 1. The van der Waals surface area contributed by atoms with Crippen LogP contribution in [-0.4, -0.2) is 22.3 Å². The zero-order valence-corrected chi connectivity index (χ0v) is 12.2. The predicted molar refractivity (Wildman–Crippen MR) is 75.9 cm³/mol. The van der Waals surface area contributed by atoms with E-state index < -0.39 is 35.4 Å². The van der Waals surface area contributed by atoms with Gasteiger partial charge in [-0.05, 0) is 31.4 Å². The number of nitriles is 1. The van der Waals surface area contributed by atoms with Gasteiger partial charge in [0.15, 0.2) is 0 Å². The van der Waals surface area contributed by atoms with Crippen LogP contribution in [0.4, 0.5) is 8.78 Å². The molecule has 8 heteroatoms. The van der Waals surface area contributed by atoms with Crippen LogP contribution in [0.15, 0.2) is 18.3 Å². The van der Waals surface area contributed by atoms with Gasteiger partial charge in [-0.1, -0.05) is 0 Å². The summed E-state index contributed by atoms with van der Waals surface area (Å²) in [5.74, 6) is -4.94. The van der Waals surface area contributed by atoms with Crippen molar-refractivity contribution in [2.24, 2.45) is 5.73 Å². The molecule has 6 nitrogen and oxygen atoms in total. The Morgan fingerprint density at radius 2 is 2.22 bits per heavy atom. The van der Waals surface area contributed by atoms with Crippen molar-refractivity contribution in [3.8, 4) is 6.07 Å². The predicted octanol–water partition coefficient (Wildman–Crippen LogP) is 1.43. The van der Waals surface area contributed by atoms with Gasteiger partial charge < -0.3 is 11.1 Å². The maximum Gasteiger partial charge on any atom is 0.290 e. The largest absolute Gasteiger partial charge is 0.366 e. The van der Waals surface area contributed by atoms with E-state index in [-0.39, 0.29) is 12.0 Å². The lowest BCUT2D eigenvalue weighted by molar-refractivity contribution is -0.118. The highest BCUT2D eigenvalue weighted by molar-refractivity contribution is 5.94. The molecule has 2 rings (SSSR count). The van der Waals surface area contributed by atoms with Crippen molar-refractivity contribution in [2.75, 3.05) is 0 Å². The summed E-state index contributed by atoms with van der Waals surface area (Å²) in [7, 11) is 0. The Bertz CT molecular complexity index is 666. The molecule has 3 N–H and O–H groups in total. The Hall–Kier alpha value is -2.56. The van der Waals surface area contributed by atoms with E-state index >= 15 is 0 Å². The maximum absolute atomic E-state index is 14.2. The molecule has 0 aromatic carbocycles. The van der Waals surface area contributed by atoms with Gasteiger partial charge >= 0.3 is 0 Å². The van der Waals surface area contributed by atoms with Crippen LogP contribution in [0.2, 0.25) is 0 Å². The number of hydrogen-bond donors (Lipinski definition) is 2. The van der Waals surface area contributed by atoms with Crippen LogP contribution >= 0.6 is 0 Å². The zero-order valence-electron chi connectivity index (χ0n) is 12.2. The first-order valence-corrected chi connectivity index (χ1v) is 6.99. The first-order chi connectivity index (χ1) is 10.8. The first-order valence-electron chi connectivity index (χ1n) is 6.99. The van der Waals surface area contributed by atoms with E-state index in [1.54, 1.807) is 0 Å². The zero-order chi connectivity index (χ0) is 17.1. The highest BCUT2D eigenvalue weighted by Gasteiger charge is 2.44. The molecule has 23 heavy (non-hydrogen) atoms. The second-order valence-corrected chi connectivity index (χ2v) is 5.39. The molecule has 0 aliphatic heterocycles. The molecule has 2 amide bonds. The number of alkyl halides is 2. The minimum atomic E-state index is -3.39. The lowest BCUT2D eigenvalue weighted by Gasteiger charge is -2.17. The molecule has 1 saturated carbocycles. The number of amides is 2. The normalized spacial score (nSPS) is 15.5. The monoisotopic (exact) mass is 321 g/mol. The number of nitrogens with two attached hydrogens (primary N) is 1. The van der Waals surface area contributed by atoms with Gasteiger partial charge in [0.1, 0.15) is 11.2 Å². The minimum Gasteiger partial charge on any atom is -0.366 e. The van der Waals surface area contributed by atoms with E-state index in [9.17, 15) is 18.4 Å². The van der Waals surface area contributed by atoms with Crippen LogP contribution in [0.1, 0.15) is 41.7 Å². The number of carbonyl (C=O) groups is 2. The third-order valence-corrected chi connectivity index (χ3v) is 3.53. The molecule has 121 valence electrons. The summed E-state index contributed by atoms with van der Waals surface area (Å²) in [5.41, 5.74) is 3.19. The standard InChI is InChI=1S/C15H15F2N4O2/c16-15(17,12-10(13(19)23)3-2-8-20-12)5-1-4-11(22)21-14(9-18)6-7-14/h2-4,8H,1,5-7H2,(H2,19,23)(H,21,22). The van der Waals surface area contributed by atoms with Crippen molar-refractivity contribution in [1.29, 1.82) is 5.26 Å². The van der Waals surface area contributed by atoms with Gasteiger partial charge in [0, 0.05) is 19.0 Å². The summed E-state index contributed by atoms with van der Waals surface area (Å²) in [6.45, 7) is 0. The number of carbonyl (C=O) groups excluding carboxylic acids is 2. The van der Waals surface area contributed by atoms with Crippen molar-refractivity contribution in [3.05, 3.63) is 36.0 Å². The molecule has 1 aliphatic carbocycles. The number of hydrogen-bond acceptors (Lipinski definition) is 4. The van der Waals surface area contributed by atoms with Crippen molar-refractivity contribution >= 4 is 11.8 Å². The third-order valence-electron chi connectivity index (χ3n) is 3.53. The van der Waals surface area contributed by atoms with Gasteiger partial charge in [0.2, 0.25) is 5.91 Å². The highest BCUT2D eigenvalue weighted by Crippen LogP contribution is 2.35. The van der Waals surface area contributed by atoms with E-state index in [2.05, 4.69) is 10.3 Å². The fraction of sp³-hybridized carbons (Fsp3) is 0.400. The molecule has 0 spiro atoms. The summed E-state index contributed by atoms with van der Waals surface area (Å²) >= 11 is 0. The van der Waals surface area contributed by atoms with E-state index in [0.717, 1.165) is 12.6 Å². The van der Waals surface area contributed by atoms with Gasteiger partial charge in [0.25, 0.3) is 11.8 Å². The van der Waals surface area contributed by atoms with E-state index in [1.807, 2.05) is 6.07 Å². The number of pyridine rings is 1. The molecule has 0 atom stereocenters. The molecule has 1 heterocycles. The topological polar surface area (TPSA) is 109 Å². The second-order valence-electron chi connectivity index (χ2n) is 5.39. The molecular weight excluding hydrogens is 306 g/mol. The molecule has 0 bridgehead atoms. The molecule has 1 aromatic heterocycles. The molecular formula is C15H15F2N4O2. The number of rotatable bonds is 7. The fourth-order valence-electron chi connectivity index (χ4n) is 2.08. The van der Waals surface area contributed by atoms with Crippen LogP contribution in [0.3, 0.4) is 0 Å². The van der Waals surface area contributed by atoms with Crippen LogP contribution < -0.4 is 11.1 Å². The van der Waals surface area contributed by atoms with Crippen molar-refractivity contribution in [3.63, 3.8) is 0 Å². The molecule has 1 radical (unpaired) electrons. The maximum atomic E-state index is 14.2. The molecule has 1 aromatic rings. The van der Waals surface area contributed by atoms with E-state index in [0.29, 0.717) is 12.8 Å². The van der Waals surface area contributed by atoms with Gasteiger partial charge in [-0.25, -0.2) is 0 Å².